The minimum absolute atomic E-state index is 0.0210. The van der Waals surface area contributed by atoms with Crippen LogP contribution in [0, 0.1) is 5.82 Å². The molecular weight excluding hydrogens is 437 g/mol. The molecule has 2 heterocycles. The minimum Gasteiger partial charge on any atom is -0.506 e. The zero-order chi connectivity index (χ0) is 23.5. The van der Waals surface area contributed by atoms with Gasteiger partial charge in [-0.25, -0.2) is 22.1 Å². The molecular formula is C22H24FN3O5S. The third-order valence-electron chi connectivity index (χ3n) is 4.76. The fourth-order valence-corrected chi connectivity index (χ4v) is 4.28. The predicted octanol–water partition coefficient (Wildman–Crippen LogP) is 3.75. The predicted molar refractivity (Wildman–Crippen MR) is 120 cm³/mol. The SMILES string of the molecule is C=CCCCN(c1cn2nc(-c3ccc(F)cc3)c(C(=O)OCC)c2cc1O)S(C)(=O)=O. The number of halogens is 1. The van der Waals surface area contributed by atoms with Crippen LogP contribution in [0.4, 0.5) is 10.1 Å². The molecule has 3 aromatic rings. The Morgan fingerprint density at radius 1 is 1.34 bits per heavy atom. The first-order valence-electron chi connectivity index (χ1n) is 9.94. The molecule has 8 nitrogen and oxygen atoms in total. The molecule has 32 heavy (non-hydrogen) atoms. The highest BCUT2D eigenvalue weighted by atomic mass is 32.2. The lowest BCUT2D eigenvalue weighted by atomic mass is 10.1. The summed E-state index contributed by atoms with van der Waals surface area (Å²) in [4.78, 5) is 12.7. The average molecular weight is 462 g/mol. The van der Waals surface area contributed by atoms with Gasteiger partial charge in [0.25, 0.3) is 0 Å². The molecule has 0 aliphatic rings. The van der Waals surface area contributed by atoms with Crippen LogP contribution in [-0.2, 0) is 14.8 Å². The molecule has 10 heteroatoms. The number of aromatic nitrogens is 2. The van der Waals surface area contributed by atoms with E-state index in [-0.39, 0.29) is 41.4 Å². The number of ether oxygens (including phenoxy) is 1. The van der Waals surface area contributed by atoms with Gasteiger partial charge in [-0.3, -0.25) is 4.31 Å². The molecule has 0 aliphatic heterocycles. The van der Waals surface area contributed by atoms with E-state index >= 15 is 0 Å². The molecule has 3 rings (SSSR count). The Bertz CT molecular complexity index is 1250. The second-order valence-electron chi connectivity index (χ2n) is 7.09. The summed E-state index contributed by atoms with van der Waals surface area (Å²) in [6.07, 6.45) is 5.16. The molecule has 1 aromatic carbocycles. The summed E-state index contributed by atoms with van der Waals surface area (Å²) >= 11 is 0. The van der Waals surface area contributed by atoms with Crippen molar-refractivity contribution in [3.63, 3.8) is 0 Å². The second-order valence-corrected chi connectivity index (χ2v) is 9.00. The Morgan fingerprint density at radius 2 is 2.03 bits per heavy atom. The number of pyridine rings is 1. The Balaban J connectivity index is 2.22. The number of hydrogen-bond donors (Lipinski definition) is 1. The van der Waals surface area contributed by atoms with Crippen LogP contribution in [0.5, 0.6) is 5.75 Å². The summed E-state index contributed by atoms with van der Waals surface area (Å²) in [5.74, 6) is -1.45. The highest BCUT2D eigenvalue weighted by Crippen LogP contribution is 2.35. The number of fused-ring (bicyclic) bond motifs is 1. The monoisotopic (exact) mass is 461 g/mol. The van der Waals surface area contributed by atoms with Crippen molar-refractivity contribution in [1.82, 2.24) is 9.61 Å². The number of unbranched alkanes of at least 4 members (excludes halogenated alkanes) is 1. The van der Waals surface area contributed by atoms with Crippen LogP contribution in [-0.4, -0.2) is 48.5 Å². The molecule has 0 saturated heterocycles. The largest absolute Gasteiger partial charge is 0.506 e. The number of allylic oxidation sites excluding steroid dienone is 1. The first-order chi connectivity index (χ1) is 15.2. The van der Waals surface area contributed by atoms with Crippen molar-refractivity contribution in [3.8, 4) is 17.0 Å². The zero-order valence-electron chi connectivity index (χ0n) is 17.8. The Labute approximate surface area is 185 Å². The molecule has 170 valence electrons. The third-order valence-corrected chi connectivity index (χ3v) is 5.94. The van der Waals surface area contributed by atoms with Crippen molar-refractivity contribution < 1.29 is 27.4 Å². The smallest absolute Gasteiger partial charge is 0.342 e. The van der Waals surface area contributed by atoms with Gasteiger partial charge in [-0.2, -0.15) is 5.10 Å². The van der Waals surface area contributed by atoms with Crippen molar-refractivity contribution in [1.29, 1.82) is 0 Å². The quantitative estimate of drug-likeness (QED) is 0.296. The number of carbonyl (C=O) groups is 1. The maximum atomic E-state index is 13.4. The van der Waals surface area contributed by atoms with E-state index in [1.807, 2.05) is 0 Å². The highest BCUT2D eigenvalue weighted by molar-refractivity contribution is 7.92. The normalized spacial score (nSPS) is 11.5. The number of hydrogen-bond acceptors (Lipinski definition) is 6. The van der Waals surface area contributed by atoms with E-state index in [0.717, 1.165) is 10.6 Å². The molecule has 0 saturated carbocycles. The van der Waals surface area contributed by atoms with Crippen molar-refractivity contribution in [2.75, 3.05) is 23.7 Å². The number of carbonyl (C=O) groups excluding carboxylic acids is 1. The summed E-state index contributed by atoms with van der Waals surface area (Å²) in [7, 11) is -3.71. The number of anilines is 1. The van der Waals surface area contributed by atoms with Gasteiger partial charge >= 0.3 is 5.97 Å². The van der Waals surface area contributed by atoms with Crippen LogP contribution in [0.2, 0.25) is 0 Å². The van der Waals surface area contributed by atoms with Crippen LogP contribution >= 0.6 is 0 Å². The van der Waals surface area contributed by atoms with Crippen LogP contribution in [0.1, 0.15) is 30.1 Å². The van der Waals surface area contributed by atoms with Gasteiger partial charge < -0.3 is 9.84 Å². The molecule has 0 fully saturated rings. The molecule has 1 N–H and O–H groups in total. The lowest BCUT2D eigenvalue weighted by Gasteiger charge is -2.23. The van der Waals surface area contributed by atoms with Gasteiger partial charge in [-0.1, -0.05) is 6.08 Å². The van der Waals surface area contributed by atoms with Gasteiger partial charge in [0.05, 0.1) is 24.6 Å². The van der Waals surface area contributed by atoms with E-state index in [1.54, 1.807) is 13.0 Å². The highest BCUT2D eigenvalue weighted by Gasteiger charge is 2.26. The molecule has 0 atom stereocenters. The maximum Gasteiger partial charge on any atom is 0.342 e. The topological polar surface area (TPSA) is 101 Å². The first-order valence-corrected chi connectivity index (χ1v) is 11.8. The van der Waals surface area contributed by atoms with Crippen LogP contribution in [0.3, 0.4) is 0 Å². The summed E-state index contributed by atoms with van der Waals surface area (Å²) < 4.78 is 45.7. The lowest BCUT2D eigenvalue weighted by molar-refractivity contribution is 0.0529. The minimum atomic E-state index is -3.71. The first kappa shape index (κ1) is 23.3. The summed E-state index contributed by atoms with van der Waals surface area (Å²) in [6, 6.07) is 6.69. The molecule has 0 radical (unpaired) electrons. The molecule has 2 aromatic heterocycles. The van der Waals surface area contributed by atoms with E-state index in [4.69, 9.17) is 4.74 Å². The van der Waals surface area contributed by atoms with Crippen LogP contribution in [0.15, 0.2) is 49.2 Å². The Morgan fingerprint density at radius 3 is 2.62 bits per heavy atom. The number of aromatic hydroxyl groups is 1. The van der Waals surface area contributed by atoms with E-state index in [9.17, 15) is 22.7 Å². The maximum absolute atomic E-state index is 13.4. The van der Waals surface area contributed by atoms with Gasteiger partial charge in [0, 0.05) is 18.2 Å². The van der Waals surface area contributed by atoms with Crippen molar-refractivity contribution in [2.45, 2.75) is 19.8 Å². The fraction of sp³-hybridized carbons (Fsp3) is 0.273. The van der Waals surface area contributed by atoms with Crippen molar-refractivity contribution in [2.24, 2.45) is 0 Å². The van der Waals surface area contributed by atoms with Gasteiger partial charge in [-0.05, 0) is 44.0 Å². The van der Waals surface area contributed by atoms with Gasteiger partial charge in [-0.15, -0.1) is 6.58 Å². The lowest BCUT2D eigenvalue weighted by Crippen LogP contribution is -2.31. The molecule has 0 spiro atoms. The van der Waals surface area contributed by atoms with Crippen LogP contribution < -0.4 is 4.31 Å². The van der Waals surface area contributed by atoms with E-state index < -0.39 is 21.8 Å². The molecule has 0 unspecified atom stereocenters. The van der Waals surface area contributed by atoms with E-state index in [2.05, 4.69) is 11.7 Å². The van der Waals surface area contributed by atoms with Gasteiger partial charge in [0.15, 0.2) is 0 Å². The summed E-state index contributed by atoms with van der Waals surface area (Å²) in [5.41, 5.74) is 1.01. The van der Waals surface area contributed by atoms with Crippen molar-refractivity contribution >= 4 is 27.2 Å². The van der Waals surface area contributed by atoms with Gasteiger partial charge in [0.2, 0.25) is 10.0 Å². The molecule has 0 aliphatic carbocycles. The summed E-state index contributed by atoms with van der Waals surface area (Å²) in [6.45, 7) is 5.53. The fourth-order valence-electron chi connectivity index (χ4n) is 3.32. The number of benzene rings is 1. The van der Waals surface area contributed by atoms with E-state index in [0.29, 0.717) is 18.4 Å². The number of sulfonamides is 1. The van der Waals surface area contributed by atoms with E-state index in [1.165, 1.54) is 41.0 Å². The Kier molecular flexibility index (Phi) is 6.83. The van der Waals surface area contributed by atoms with Crippen LogP contribution in [0.25, 0.3) is 16.8 Å². The third kappa shape index (κ3) is 4.75. The zero-order valence-corrected chi connectivity index (χ0v) is 18.6. The Hall–Kier alpha value is -3.40. The standard InChI is InChI=1S/C22H24FN3O5S/c1-4-6-7-12-26(32(3,29)30)18-14-25-17(13-19(18)27)20(22(28)31-5-2)21(24-25)15-8-10-16(23)11-9-15/h4,8-11,13-14,27H,1,5-7,12H2,2-3H3. The second kappa shape index (κ2) is 9.39. The van der Waals surface area contributed by atoms with Gasteiger partial charge in [0.1, 0.15) is 28.5 Å². The number of nitrogens with zero attached hydrogens (tertiary/aromatic N) is 3. The summed E-state index contributed by atoms with van der Waals surface area (Å²) in [5, 5.41) is 15.1. The van der Waals surface area contributed by atoms with Crippen molar-refractivity contribution in [3.05, 3.63) is 60.6 Å². The molecule has 0 bridgehead atoms. The molecule has 0 amide bonds. The number of rotatable bonds is 9. The average Bonchev–Trinajstić information content (AvgIpc) is 3.09. The number of esters is 1.